The van der Waals surface area contributed by atoms with Gasteiger partial charge < -0.3 is 11.1 Å². The molecule has 0 bridgehead atoms. The van der Waals surface area contributed by atoms with Crippen molar-refractivity contribution in [1.29, 1.82) is 5.26 Å². The number of nitrogens with two attached hydrogens (primary N) is 1. The summed E-state index contributed by atoms with van der Waals surface area (Å²) in [5.74, 6) is -0.100. The topological polar surface area (TPSA) is 127 Å². The lowest BCUT2D eigenvalue weighted by molar-refractivity contribution is 0.0951. The number of hydrogen-bond donors (Lipinski definition) is 2. The molecule has 0 aliphatic heterocycles. The summed E-state index contributed by atoms with van der Waals surface area (Å²) in [5, 5.41) is 16.6. The second-order valence-corrected chi connectivity index (χ2v) is 7.32. The molecule has 0 aliphatic rings. The van der Waals surface area contributed by atoms with E-state index < -0.39 is 0 Å². The lowest BCUT2D eigenvalue weighted by atomic mass is 10.0. The maximum atomic E-state index is 12.4. The van der Waals surface area contributed by atoms with Crippen molar-refractivity contribution >= 4 is 17.5 Å². The highest BCUT2D eigenvalue weighted by Crippen LogP contribution is 2.36. The number of anilines is 1. The maximum absolute atomic E-state index is 12.4. The average Bonchev–Trinajstić information content (AvgIpc) is 3.42. The molecule has 3 aromatic heterocycles. The molecule has 0 saturated heterocycles. The molecule has 0 unspecified atom stereocenters. The standard InChI is InChI=1S/C22H22N8O/c1-4-25-21(31)16-12-29-20(27-16)18(17-8-9-26-30(17)13(2)3)19(28-22(29)24)15-7-5-6-14(10-15)11-23/h5-10,12-13H,4H2,1-3H3,(H2,24,28)(H,25,31). The summed E-state index contributed by atoms with van der Waals surface area (Å²) in [5.41, 5.74) is 10.3. The van der Waals surface area contributed by atoms with Crippen LogP contribution in [0.3, 0.4) is 0 Å². The predicted molar refractivity (Wildman–Crippen MR) is 117 cm³/mol. The quantitative estimate of drug-likeness (QED) is 0.517. The van der Waals surface area contributed by atoms with Gasteiger partial charge in [-0.25, -0.2) is 9.97 Å². The van der Waals surface area contributed by atoms with Crippen LogP contribution in [0.5, 0.6) is 0 Å². The molecule has 1 amide bonds. The number of nitrogens with zero attached hydrogens (tertiary/aromatic N) is 6. The maximum Gasteiger partial charge on any atom is 0.271 e. The number of nitrogens with one attached hydrogen (secondary N) is 1. The van der Waals surface area contributed by atoms with Crippen molar-refractivity contribution in [1.82, 2.24) is 29.5 Å². The number of fused-ring (bicyclic) bond motifs is 1. The number of aromatic nitrogens is 5. The fourth-order valence-corrected chi connectivity index (χ4v) is 3.53. The molecule has 0 spiro atoms. The first-order valence-electron chi connectivity index (χ1n) is 9.95. The van der Waals surface area contributed by atoms with Crippen LogP contribution in [0.4, 0.5) is 5.95 Å². The highest BCUT2D eigenvalue weighted by Gasteiger charge is 2.23. The summed E-state index contributed by atoms with van der Waals surface area (Å²) in [7, 11) is 0. The second kappa shape index (κ2) is 7.91. The van der Waals surface area contributed by atoms with E-state index in [0.717, 1.165) is 11.3 Å². The molecule has 1 aromatic carbocycles. The van der Waals surface area contributed by atoms with Crippen LogP contribution in [0, 0.1) is 11.3 Å². The number of carbonyl (C=O) groups excluding carboxylic acids is 1. The number of rotatable bonds is 5. The van der Waals surface area contributed by atoms with E-state index in [1.807, 2.05) is 37.6 Å². The Bertz CT molecular complexity index is 1330. The van der Waals surface area contributed by atoms with Crippen LogP contribution in [-0.2, 0) is 0 Å². The van der Waals surface area contributed by atoms with Gasteiger partial charge in [-0.2, -0.15) is 10.4 Å². The third kappa shape index (κ3) is 3.48. The Morgan fingerprint density at radius 2 is 2.10 bits per heavy atom. The Balaban J connectivity index is 2.08. The average molecular weight is 414 g/mol. The van der Waals surface area contributed by atoms with Crippen molar-refractivity contribution in [3.05, 3.63) is 54.0 Å². The number of benzene rings is 1. The van der Waals surface area contributed by atoms with Gasteiger partial charge in [-0.1, -0.05) is 12.1 Å². The van der Waals surface area contributed by atoms with Crippen LogP contribution in [0.2, 0.25) is 0 Å². The van der Waals surface area contributed by atoms with Gasteiger partial charge in [-0.3, -0.25) is 13.9 Å². The minimum Gasteiger partial charge on any atom is -0.369 e. The van der Waals surface area contributed by atoms with E-state index >= 15 is 0 Å². The summed E-state index contributed by atoms with van der Waals surface area (Å²) in [4.78, 5) is 21.7. The predicted octanol–water partition coefficient (Wildman–Crippen LogP) is 3.04. The van der Waals surface area contributed by atoms with Crippen LogP contribution in [0.1, 0.15) is 42.9 Å². The van der Waals surface area contributed by atoms with E-state index in [-0.39, 0.29) is 23.6 Å². The highest BCUT2D eigenvalue weighted by molar-refractivity contribution is 5.96. The molecule has 0 radical (unpaired) electrons. The number of carbonyl (C=O) groups is 1. The highest BCUT2D eigenvalue weighted by atomic mass is 16.1. The molecule has 0 fully saturated rings. The molecule has 31 heavy (non-hydrogen) atoms. The number of amides is 1. The summed E-state index contributed by atoms with van der Waals surface area (Å²) < 4.78 is 3.47. The first-order valence-corrected chi connectivity index (χ1v) is 9.95. The Morgan fingerprint density at radius 1 is 1.29 bits per heavy atom. The van der Waals surface area contributed by atoms with Crippen LogP contribution in [0.25, 0.3) is 28.2 Å². The smallest absolute Gasteiger partial charge is 0.271 e. The minimum absolute atomic E-state index is 0.0821. The fourth-order valence-electron chi connectivity index (χ4n) is 3.53. The van der Waals surface area contributed by atoms with Crippen LogP contribution >= 0.6 is 0 Å². The second-order valence-electron chi connectivity index (χ2n) is 7.32. The summed E-state index contributed by atoms with van der Waals surface area (Å²) in [6, 6.07) is 11.3. The molecular weight excluding hydrogens is 392 g/mol. The Morgan fingerprint density at radius 3 is 2.81 bits per heavy atom. The van der Waals surface area contributed by atoms with Gasteiger partial charge in [-0.15, -0.1) is 0 Å². The first-order chi connectivity index (χ1) is 14.9. The molecule has 4 rings (SSSR count). The monoisotopic (exact) mass is 414 g/mol. The van der Waals surface area contributed by atoms with Crippen molar-refractivity contribution in [3.8, 4) is 28.6 Å². The van der Waals surface area contributed by atoms with E-state index in [9.17, 15) is 10.1 Å². The van der Waals surface area contributed by atoms with E-state index in [1.54, 1.807) is 35.0 Å². The van der Waals surface area contributed by atoms with E-state index in [2.05, 4.69) is 26.5 Å². The number of hydrogen-bond acceptors (Lipinski definition) is 6. The third-order valence-electron chi connectivity index (χ3n) is 4.89. The van der Waals surface area contributed by atoms with Gasteiger partial charge in [0.15, 0.2) is 5.65 Å². The zero-order chi connectivity index (χ0) is 22.1. The Hall–Kier alpha value is -4.19. The molecule has 3 N–H and O–H groups in total. The van der Waals surface area contributed by atoms with E-state index in [0.29, 0.717) is 29.0 Å². The summed E-state index contributed by atoms with van der Waals surface area (Å²) >= 11 is 0. The van der Waals surface area contributed by atoms with Crippen molar-refractivity contribution in [3.63, 3.8) is 0 Å². The minimum atomic E-state index is -0.290. The molecular formula is C22H22N8O. The van der Waals surface area contributed by atoms with Gasteiger partial charge in [-0.05, 0) is 39.0 Å². The zero-order valence-electron chi connectivity index (χ0n) is 17.5. The number of nitriles is 1. The first kappa shape index (κ1) is 20.1. The molecule has 4 aromatic rings. The SMILES string of the molecule is CCNC(=O)c1cn2c(N)nc(-c3cccc(C#N)c3)c(-c3ccnn3C(C)C)c2n1. The molecule has 9 heteroatoms. The Labute approximate surface area is 179 Å². The Kier molecular flexibility index (Phi) is 5.13. The molecule has 156 valence electrons. The van der Waals surface area contributed by atoms with Crippen molar-refractivity contribution in [2.75, 3.05) is 12.3 Å². The molecule has 0 atom stereocenters. The largest absolute Gasteiger partial charge is 0.369 e. The lowest BCUT2D eigenvalue weighted by Gasteiger charge is -2.16. The molecule has 3 heterocycles. The molecule has 9 nitrogen and oxygen atoms in total. The van der Waals surface area contributed by atoms with Gasteiger partial charge in [0, 0.05) is 30.5 Å². The molecule has 0 saturated carbocycles. The number of imidazole rings is 1. The number of nitrogen functional groups attached to an aromatic ring is 1. The summed E-state index contributed by atoms with van der Waals surface area (Å²) in [6.45, 7) is 6.39. The van der Waals surface area contributed by atoms with Crippen LogP contribution in [-0.4, -0.2) is 36.6 Å². The van der Waals surface area contributed by atoms with Gasteiger partial charge in [0.1, 0.15) is 5.69 Å². The van der Waals surface area contributed by atoms with Crippen molar-refractivity contribution < 1.29 is 4.79 Å². The van der Waals surface area contributed by atoms with Crippen molar-refractivity contribution in [2.45, 2.75) is 26.8 Å². The van der Waals surface area contributed by atoms with Crippen LogP contribution in [0.15, 0.2) is 42.7 Å². The fraction of sp³-hybridized carbons (Fsp3) is 0.227. The van der Waals surface area contributed by atoms with Gasteiger partial charge in [0.2, 0.25) is 5.95 Å². The zero-order valence-corrected chi connectivity index (χ0v) is 17.5. The van der Waals surface area contributed by atoms with Crippen LogP contribution < -0.4 is 11.1 Å². The van der Waals surface area contributed by atoms with E-state index in [1.165, 1.54) is 0 Å². The normalized spacial score (nSPS) is 11.1. The third-order valence-corrected chi connectivity index (χ3v) is 4.89. The van der Waals surface area contributed by atoms with Crippen molar-refractivity contribution in [2.24, 2.45) is 0 Å². The van der Waals surface area contributed by atoms with E-state index in [4.69, 9.17) is 5.73 Å². The summed E-state index contributed by atoms with van der Waals surface area (Å²) in [6.07, 6.45) is 3.29. The van der Waals surface area contributed by atoms with Gasteiger partial charge >= 0.3 is 0 Å². The van der Waals surface area contributed by atoms with Gasteiger partial charge in [0.05, 0.1) is 28.6 Å². The lowest BCUT2D eigenvalue weighted by Crippen LogP contribution is -2.22. The molecule has 0 aliphatic carbocycles. The van der Waals surface area contributed by atoms with Gasteiger partial charge in [0.25, 0.3) is 5.91 Å².